The predicted molar refractivity (Wildman–Crippen MR) is 134 cm³/mol. The molecule has 0 aromatic carbocycles. The number of hydrogen-bond acceptors (Lipinski definition) is 8. The van der Waals surface area contributed by atoms with E-state index in [1.54, 1.807) is 37.4 Å². The van der Waals surface area contributed by atoms with Crippen LogP contribution in [0.5, 0.6) is 5.75 Å². The summed E-state index contributed by atoms with van der Waals surface area (Å²) in [5.41, 5.74) is 2.23. The highest BCUT2D eigenvalue weighted by Crippen LogP contribution is 2.31. The normalized spacial score (nSPS) is 17.0. The number of carbonyl (C=O) groups is 2. The lowest BCUT2D eigenvalue weighted by Gasteiger charge is -2.41. The van der Waals surface area contributed by atoms with Gasteiger partial charge in [0, 0.05) is 37.6 Å². The van der Waals surface area contributed by atoms with Gasteiger partial charge in [0.1, 0.15) is 6.10 Å². The molecule has 0 unspecified atom stereocenters. The second-order valence-corrected chi connectivity index (χ2v) is 9.02. The minimum absolute atomic E-state index is 0.0293. The van der Waals surface area contributed by atoms with E-state index in [1.807, 2.05) is 12.1 Å². The topological polar surface area (TPSA) is 138 Å². The lowest BCUT2D eigenvalue weighted by atomic mass is 10.1. The fraction of sp³-hybridized carbons (Fsp3) is 0.360. The molecule has 12 nitrogen and oxygen atoms in total. The summed E-state index contributed by atoms with van der Waals surface area (Å²) >= 11 is 0. The Kier molecular flexibility index (Phi) is 7.01. The molecule has 2 aliphatic rings. The lowest BCUT2D eigenvalue weighted by molar-refractivity contribution is 0.0256. The Morgan fingerprint density at radius 3 is 2.82 bits per heavy atom. The summed E-state index contributed by atoms with van der Waals surface area (Å²) < 4.78 is 21.9. The summed E-state index contributed by atoms with van der Waals surface area (Å²) in [5, 5.41) is 21.6. The fourth-order valence-electron chi connectivity index (χ4n) is 4.51. The maximum Gasteiger partial charge on any atom is 0.341 e. The van der Waals surface area contributed by atoms with Gasteiger partial charge in [0.15, 0.2) is 17.4 Å². The van der Waals surface area contributed by atoms with Gasteiger partial charge in [0.05, 0.1) is 48.9 Å². The predicted octanol–water partition coefficient (Wildman–Crippen LogP) is 1.76. The highest BCUT2D eigenvalue weighted by atomic mass is 19.1. The van der Waals surface area contributed by atoms with Crippen molar-refractivity contribution in [3.05, 3.63) is 65.1 Å². The lowest BCUT2D eigenvalue weighted by Crippen LogP contribution is -2.58. The summed E-state index contributed by atoms with van der Waals surface area (Å²) in [6, 6.07) is 4.68. The van der Waals surface area contributed by atoms with E-state index in [2.05, 4.69) is 25.5 Å². The number of halogens is 1. The van der Waals surface area contributed by atoms with Gasteiger partial charge in [-0.25, -0.2) is 23.9 Å². The van der Waals surface area contributed by atoms with E-state index in [4.69, 9.17) is 9.84 Å². The number of aliphatic hydroxyl groups is 1. The molecule has 2 N–H and O–H groups in total. The van der Waals surface area contributed by atoms with Crippen molar-refractivity contribution >= 4 is 18.2 Å². The Labute approximate surface area is 217 Å². The van der Waals surface area contributed by atoms with Crippen molar-refractivity contribution in [1.82, 2.24) is 35.0 Å². The molecular weight excluding hydrogens is 495 g/mol. The summed E-state index contributed by atoms with van der Waals surface area (Å²) in [7, 11) is 0. The van der Waals surface area contributed by atoms with Crippen molar-refractivity contribution in [3.63, 3.8) is 0 Å². The minimum Gasteiger partial charge on any atom is -0.483 e. The molecule has 0 saturated carbocycles. The first-order chi connectivity index (χ1) is 18.4. The van der Waals surface area contributed by atoms with Gasteiger partial charge < -0.3 is 20.1 Å². The molecule has 198 valence electrons. The Bertz CT molecular complexity index is 1370. The van der Waals surface area contributed by atoms with E-state index in [0.29, 0.717) is 23.4 Å². The number of nitrogens with zero attached hydrogens (tertiary/aromatic N) is 7. The largest absolute Gasteiger partial charge is 0.483 e. The molecule has 0 spiro atoms. The quantitative estimate of drug-likeness (QED) is 0.482. The number of pyridine rings is 2. The van der Waals surface area contributed by atoms with Crippen LogP contribution in [-0.4, -0.2) is 85.3 Å². The molecule has 1 atom stereocenters. The molecular formula is C25H27FN8O4. The number of hydrogen-bond donors (Lipinski definition) is 2. The molecule has 13 heteroatoms. The third-order valence-corrected chi connectivity index (χ3v) is 6.45. The number of rotatable bonds is 7. The first-order valence-corrected chi connectivity index (χ1v) is 12.2. The van der Waals surface area contributed by atoms with Crippen LogP contribution in [0.2, 0.25) is 0 Å². The molecule has 1 fully saturated rings. The van der Waals surface area contributed by atoms with Crippen molar-refractivity contribution in [2.24, 2.45) is 5.10 Å². The zero-order valence-corrected chi connectivity index (χ0v) is 20.9. The zero-order chi connectivity index (χ0) is 26.8. The maximum absolute atomic E-state index is 14.6. The van der Waals surface area contributed by atoms with Crippen molar-refractivity contribution in [3.8, 4) is 11.6 Å². The highest BCUT2D eigenvalue weighted by Gasteiger charge is 2.39. The van der Waals surface area contributed by atoms with E-state index < -0.39 is 11.9 Å². The van der Waals surface area contributed by atoms with Gasteiger partial charge in [-0.05, 0) is 25.5 Å². The van der Waals surface area contributed by atoms with Crippen LogP contribution in [0.25, 0.3) is 5.82 Å². The monoisotopic (exact) mass is 522 g/mol. The average Bonchev–Trinajstić information content (AvgIpc) is 3.50. The number of amides is 3. The van der Waals surface area contributed by atoms with E-state index in [-0.39, 0.29) is 55.8 Å². The molecule has 3 aromatic rings. The number of urea groups is 1. The first-order valence-electron chi connectivity index (χ1n) is 12.2. The molecule has 5 heterocycles. The van der Waals surface area contributed by atoms with Gasteiger partial charge in [-0.2, -0.15) is 10.2 Å². The fourth-order valence-corrected chi connectivity index (χ4v) is 4.51. The second-order valence-electron chi connectivity index (χ2n) is 9.02. The average molecular weight is 523 g/mol. The van der Waals surface area contributed by atoms with Crippen LogP contribution in [0.4, 0.5) is 9.18 Å². The maximum atomic E-state index is 14.6. The van der Waals surface area contributed by atoms with Crippen LogP contribution in [0.3, 0.4) is 0 Å². The van der Waals surface area contributed by atoms with Crippen LogP contribution in [0, 0.1) is 19.7 Å². The summed E-state index contributed by atoms with van der Waals surface area (Å²) in [6.45, 7) is 3.87. The standard InChI is InChI=1S/C25H27FN8O4/c1-15-23(24(36)28-8-9-35)16(2)33(31-15)22-10-21(19(26)12-29-22)38-18-13-32(14-18)25(37)34-20(5-7-30-34)17-4-3-6-27-11-17/h3-4,6-7,10-12,18,20,35H,5,8-9,13-14H2,1-2H3,(H,28,36)/t20-/m0/s1. The third-order valence-electron chi connectivity index (χ3n) is 6.45. The van der Waals surface area contributed by atoms with Gasteiger partial charge in [-0.15, -0.1) is 0 Å². The number of hydrazone groups is 1. The highest BCUT2D eigenvalue weighted by molar-refractivity contribution is 5.96. The van der Waals surface area contributed by atoms with Crippen LogP contribution in [-0.2, 0) is 0 Å². The van der Waals surface area contributed by atoms with Crippen molar-refractivity contribution < 1.29 is 23.8 Å². The van der Waals surface area contributed by atoms with Crippen LogP contribution >= 0.6 is 0 Å². The Balaban J connectivity index is 1.25. The minimum atomic E-state index is -0.651. The second kappa shape index (κ2) is 10.5. The van der Waals surface area contributed by atoms with Crippen molar-refractivity contribution in [2.75, 3.05) is 26.2 Å². The van der Waals surface area contributed by atoms with Gasteiger partial charge in [-0.1, -0.05) is 6.07 Å². The van der Waals surface area contributed by atoms with E-state index in [0.717, 1.165) is 11.8 Å². The Morgan fingerprint density at radius 2 is 2.08 bits per heavy atom. The molecule has 3 aromatic heterocycles. The number of aliphatic hydroxyl groups excluding tert-OH is 1. The third kappa shape index (κ3) is 4.79. The molecule has 1 saturated heterocycles. The van der Waals surface area contributed by atoms with Gasteiger partial charge >= 0.3 is 6.03 Å². The SMILES string of the molecule is Cc1nn(-c2cc(OC3CN(C(=O)N4N=CC[C@H]4c4cccnc4)C3)c(F)cn2)c(C)c1C(=O)NCCO. The summed E-state index contributed by atoms with van der Waals surface area (Å²) in [6.07, 6.45) is 6.33. The van der Waals surface area contributed by atoms with Gasteiger partial charge in [0.2, 0.25) is 0 Å². The number of carbonyl (C=O) groups excluding carboxylic acids is 2. The molecule has 38 heavy (non-hydrogen) atoms. The molecule has 0 aliphatic carbocycles. The van der Waals surface area contributed by atoms with Crippen molar-refractivity contribution in [1.29, 1.82) is 0 Å². The van der Waals surface area contributed by atoms with E-state index >= 15 is 0 Å². The number of aromatic nitrogens is 4. The van der Waals surface area contributed by atoms with Crippen molar-refractivity contribution in [2.45, 2.75) is 32.4 Å². The van der Waals surface area contributed by atoms with Crippen LogP contribution in [0.1, 0.15) is 39.8 Å². The molecule has 2 aliphatic heterocycles. The summed E-state index contributed by atoms with van der Waals surface area (Å²) in [5.74, 6) is -0.771. The molecule has 0 bridgehead atoms. The van der Waals surface area contributed by atoms with Crippen LogP contribution < -0.4 is 10.1 Å². The molecule has 0 radical (unpaired) electrons. The van der Waals surface area contributed by atoms with E-state index in [1.165, 1.54) is 15.8 Å². The number of ether oxygens (including phenoxy) is 1. The number of aryl methyl sites for hydroxylation is 1. The Hall–Kier alpha value is -4.39. The molecule has 3 amide bonds. The van der Waals surface area contributed by atoms with Gasteiger partial charge in [0.25, 0.3) is 5.91 Å². The van der Waals surface area contributed by atoms with Crippen LogP contribution in [0.15, 0.2) is 41.9 Å². The molecule has 5 rings (SSSR count). The van der Waals surface area contributed by atoms with E-state index in [9.17, 15) is 14.0 Å². The first kappa shape index (κ1) is 25.3. The smallest absolute Gasteiger partial charge is 0.341 e. The number of nitrogens with one attached hydrogen (secondary N) is 1. The Morgan fingerprint density at radius 1 is 1.26 bits per heavy atom. The van der Waals surface area contributed by atoms with Gasteiger partial charge in [-0.3, -0.25) is 9.78 Å². The zero-order valence-electron chi connectivity index (χ0n) is 20.9. The number of likely N-dealkylation sites (tertiary alicyclic amines) is 1. The summed E-state index contributed by atoms with van der Waals surface area (Å²) in [4.78, 5) is 35.3.